The van der Waals surface area contributed by atoms with Gasteiger partial charge in [-0.3, -0.25) is 0 Å². The van der Waals surface area contributed by atoms with Crippen molar-refractivity contribution in [2.45, 2.75) is 33.0 Å². The van der Waals surface area contributed by atoms with Crippen LogP contribution in [0.4, 0.5) is 0 Å². The number of hydrogen-bond acceptors (Lipinski definition) is 2. The first-order valence-electron chi connectivity index (χ1n) is 7.49. The third-order valence-electron chi connectivity index (χ3n) is 3.62. The average molecular weight is 280 g/mol. The van der Waals surface area contributed by atoms with E-state index < -0.39 is 0 Å². The Kier molecular flexibility index (Phi) is 4.37. The van der Waals surface area contributed by atoms with Crippen molar-refractivity contribution in [2.24, 2.45) is 0 Å². The Morgan fingerprint density at radius 1 is 0.905 bits per heavy atom. The van der Waals surface area contributed by atoms with E-state index >= 15 is 0 Å². The summed E-state index contributed by atoms with van der Waals surface area (Å²) in [5.41, 5.74) is 3.35. The van der Waals surface area contributed by atoms with Crippen molar-refractivity contribution in [1.82, 2.24) is 0 Å². The Morgan fingerprint density at radius 3 is 2.48 bits per heavy atom. The molecule has 0 atom stereocenters. The summed E-state index contributed by atoms with van der Waals surface area (Å²) < 4.78 is 11.9. The first-order chi connectivity index (χ1) is 10.4. The van der Waals surface area contributed by atoms with Crippen LogP contribution in [0.2, 0.25) is 0 Å². The molecule has 2 heteroatoms. The van der Waals surface area contributed by atoms with Gasteiger partial charge in [-0.05, 0) is 18.1 Å². The second kappa shape index (κ2) is 6.59. The predicted molar refractivity (Wildman–Crippen MR) is 85.1 cm³/mol. The molecule has 3 rings (SSSR count). The molecule has 0 amide bonds. The quantitative estimate of drug-likeness (QED) is 0.626. The van der Waals surface area contributed by atoms with E-state index in [1.807, 2.05) is 36.4 Å². The maximum atomic E-state index is 5.96. The number of aryl methyl sites for hydroxylation is 1. The normalized spacial score (nSPS) is 11.1. The zero-order valence-corrected chi connectivity index (χ0v) is 12.3. The highest BCUT2D eigenvalue weighted by molar-refractivity contribution is 5.82. The van der Waals surface area contributed by atoms with Gasteiger partial charge < -0.3 is 9.15 Å². The third-order valence-corrected chi connectivity index (χ3v) is 3.62. The minimum absolute atomic E-state index is 0.598. The molecule has 0 N–H and O–H groups in total. The largest absolute Gasteiger partial charge is 0.461 e. The van der Waals surface area contributed by atoms with Crippen molar-refractivity contribution in [2.75, 3.05) is 0 Å². The minimum atomic E-state index is 0.598. The highest BCUT2D eigenvalue weighted by Crippen LogP contribution is 2.27. The van der Waals surface area contributed by atoms with Crippen LogP contribution in [-0.2, 0) is 24.4 Å². The molecule has 0 spiro atoms. The lowest BCUT2D eigenvalue weighted by Crippen LogP contribution is -1.96. The zero-order chi connectivity index (χ0) is 14.5. The lowest BCUT2D eigenvalue weighted by atomic mass is 10.1. The Labute approximate surface area is 125 Å². The molecular weight excluding hydrogens is 260 g/mol. The van der Waals surface area contributed by atoms with E-state index in [2.05, 4.69) is 25.1 Å². The molecule has 0 saturated carbocycles. The Bertz CT molecular complexity index is 698. The average Bonchev–Trinajstić information content (AvgIpc) is 2.87. The van der Waals surface area contributed by atoms with Gasteiger partial charge in [0, 0.05) is 17.4 Å². The zero-order valence-electron chi connectivity index (χ0n) is 12.3. The van der Waals surface area contributed by atoms with E-state index in [0.29, 0.717) is 13.2 Å². The molecule has 0 unspecified atom stereocenters. The highest BCUT2D eigenvalue weighted by Gasteiger charge is 2.13. The maximum absolute atomic E-state index is 5.96. The van der Waals surface area contributed by atoms with Crippen LogP contribution in [0.25, 0.3) is 11.0 Å². The van der Waals surface area contributed by atoms with Crippen molar-refractivity contribution >= 4 is 11.0 Å². The molecule has 0 aliphatic carbocycles. The van der Waals surface area contributed by atoms with Crippen molar-refractivity contribution < 1.29 is 9.15 Å². The van der Waals surface area contributed by atoms with Crippen molar-refractivity contribution in [3.8, 4) is 0 Å². The molecule has 0 bridgehead atoms. The van der Waals surface area contributed by atoms with Crippen LogP contribution in [0.1, 0.15) is 30.2 Å². The van der Waals surface area contributed by atoms with Crippen LogP contribution >= 0.6 is 0 Å². The van der Waals surface area contributed by atoms with Gasteiger partial charge in [0.15, 0.2) is 0 Å². The molecule has 3 aromatic rings. The number of hydrogen-bond donors (Lipinski definition) is 0. The van der Waals surface area contributed by atoms with Gasteiger partial charge >= 0.3 is 0 Å². The van der Waals surface area contributed by atoms with E-state index in [-0.39, 0.29) is 0 Å². The highest BCUT2D eigenvalue weighted by atomic mass is 16.5. The summed E-state index contributed by atoms with van der Waals surface area (Å²) >= 11 is 0. The lowest BCUT2D eigenvalue weighted by Gasteiger charge is -2.05. The number of rotatable bonds is 6. The van der Waals surface area contributed by atoms with Gasteiger partial charge in [-0.25, -0.2) is 0 Å². The van der Waals surface area contributed by atoms with Gasteiger partial charge in [0.2, 0.25) is 0 Å². The van der Waals surface area contributed by atoms with Gasteiger partial charge in [-0.1, -0.05) is 55.5 Å². The monoisotopic (exact) mass is 280 g/mol. The number of benzene rings is 2. The molecule has 0 saturated heterocycles. The summed E-state index contributed by atoms with van der Waals surface area (Å²) in [6.45, 7) is 3.40. The van der Waals surface area contributed by atoms with Gasteiger partial charge in [0.05, 0.1) is 13.2 Å². The second-order valence-electron chi connectivity index (χ2n) is 5.23. The molecule has 0 aliphatic rings. The van der Waals surface area contributed by atoms with Crippen molar-refractivity contribution in [3.63, 3.8) is 0 Å². The fourth-order valence-corrected chi connectivity index (χ4v) is 2.58. The fraction of sp³-hybridized carbons (Fsp3) is 0.263. The molecule has 21 heavy (non-hydrogen) atoms. The van der Waals surface area contributed by atoms with Crippen LogP contribution in [0.15, 0.2) is 59.0 Å². The first kappa shape index (κ1) is 13.9. The lowest BCUT2D eigenvalue weighted by molar-refractivity contribution is 0.106. The standard InChI is InChI=1S/C19H20O2/c1-2-8-18-17(16-11-6-7-12-19(16)21-18)14-20-13-15-9-4-3-5-10-15/h3-7,9-12H,2,8,13-14H2,1H3. The Balaban J connectivity index is 1.77. The Morgan fingerprint density at radius 2 is 1.67 bits per heavy atom. The van der Waals surface area contributed by atoms with Crippen LogP contribution in [0, 0.1) is 0 Å². The summed E-state index contributed by atoms with van der Waals surface area (Å²) in [7, 11) is 0. The molecule has 1 heterocycles. The minimum Gasteiger partial charge on any atom is -0.461 e. The van der Waals surface area contributed by atoms with E-state index in [0.717, 1.165) is 24.2 Å². The maximum Gasteiger partial charge on any atom is 0.134 e. The van der Waals surface area contributed by atoms with E-state index in [1.165, 1.54) is 16.5 Å². The molecule has 108 valence electrons. The summed E-state index contributed by atoms with van der Waals surface area (Å²) in [4.78, 5) is 0. The molecule has 2 aromatic carbocycles. The van der Waals surface area contributed by atoms with Gasteiger partial charge in [0.25, 0.3) is 0 Å². The number of fused-ring (bicyclic) bond motifs is 1. The van der Waals surface area contributed by atoms with Crippen LogP contribution < -0.4 is 0 Å². The number of furan rings is 1. The molecule has 0 fully saturated rings. The van der Waals surface area contributed by atoms with E-state index in [4.69, 9.17) is 9.15 Å². The fourth-order valence-electron chi connectivity index (χ4n) is 2.58. The van der Waals surface area contributed by atoms with E-state index in [9.17, 15) is 0 Å². The number of para-hydroxylation sites is 1. The smallest absolute Gasteiger partial charge is 0.134 e. The van der Waals surface area contributed by atoms with Crippen LogP contribution in [0.5, 0.6) is 0 Å². The van der Waals surface area contributed by atoms with Gasteiger partial charge in [0.1, 0.15) is 11.3 Å². The van der Waals surface area contributed by atoms with Crippen molar-refractivity contribution in [3.05, 3.63) is 71.5 Å². The molecule has 2 nitrogen and oxygen atoms in total. The molecule has 1 aromatic heterocycles. The van der Waals surface area contributed by atoms with Crippen molar-refractivity contribution in [1.29, 1.82) is 0 Å². The summed E-state index contributed by atoms with van der Waals surface area (Å²) in [6.07, 6.45) is 2.03. The third kappa shape index (κ3) is 3.17. The molecule has 0 aliphatic heterocycles. The van der Waals surface area contributed by atoms with Gasteiger partial charge in [-0.15, -0.1) is 0 Å². The topological polar surface area (TPSA) is 22.4 Å². The SMILES string of the molecule is CCCc1oc2ccccc2c1COCc1ccccc1. The molecule has 0 radical (unpaired) electrons. The number of ether oxygens (including phenoxy) is 1. The summed E-state index contributed by atoms with van der Waals surface area (Å²) in [5.74, 6) is 1.06. The first-order valence-corrected chi connectivity index (χ1v) is 7.49. The second-order valence-corrected chi connectivity index (χ2v) is 5.23. The summed E-state index contributed by atoms with van der Waals surface area (Å²) in [6, 6.07) is 18.5. The Hall–Kier alpha value is -2.06. The van der Waals surface area contributed by atoms with Gasteiger partial charge in [-0.2, -0.15) is 0 Å². The summed E-state index contributed by atoms with van der Waals surface area (Å²) in [5, 5.41) is 1.18. The molecular formula is C19H20O2. The predicted octanol–water partition coefficient (Wildman–Crippen LogP) is 5.10. The van der Waals surface area contributed by atoms with E-state index in [1.54, 1.807) is 0 Å². The van der Waals surface area contributed by atoms with Crippen LogP contribution in [-0.4, -0.2) is 0 Å². The van der Waals surface area contributed by atoms with Crippen LogP contribution in [0.3, 0.4) is 0 Å².